The van der Waals surface area contributed by atoms with Crippen molar-refractivity contribution in [1.29, 1.82) is 0 Å². The van der Waals surface area contributed by atoms with Crippen molar-refractivity contribution in [2.45, 2.75) is 12.8 Å². The third-order valence-electron chi connectivity index (χ3n) is 2.51. The normalized spacial score (nSPS) is 11.2. The molecule has 0 heterocycles. The van der Waals surface area contributed by atoms with E-state index in [4.69, 9.17) is 0 Å². The number of carbonyl (C=O) groups excluding carboxylic acids is 1. The molecule has 0 amide bonds. The molecule has 0 bridgehead atoms. The average molecular weight is 249 g/mol. The van der Waals surface area contributed by atoms with E-state index in [1.54, 1.807) is 11.9 Å². The Balaban J connectivity index is 2.35. The fraction of sp³-hybridized carbons (Fsp3) is 0.357. The van der Waals surface area contributed by atoms with Crippen LogP contribution < -0.4 is 0 Å². The van der Waals surface area contributed by atoms with Crippen LogP contribution in [0.3, 0.4) is 0 Å². The van der Waals surface area contributed by atoms with E-state index in [0.717, 1.165) is 36.8 Å². The highest BCUT2D eigenvalue weighted by Crippen LogP contribution is 2.07. The average Bonchev–Trinajstić information content (AvgIpc) is 2.38. The van der Waals surface area contributed by atoms with Crippen molar-refractivity contribution < 1.29 is 4.79 Å². The fourth-order valence-electron chi connectivity index (χ4n) is 1.48. The van der Waals surface area contributed by atoms with Gasteiger partial charge in [-0.2, -0.15) is 0 Å². The lowest BCUT2D eigenvalue weighted by Crippen LogP contribution is -2.09. The Morgan fingerprint density at radius 2 is 2.12 bits per heavy atom. The first-order valence-electron chi connectivity index (χ1n) is 5.73. The Hall–Kier alpha value is -1.06. The summed E-state index contributed by atoms with van der Waals surface area (Å²) in [7, 11) is 2.10. The zero-order valence-electron chi connectivity index (χ0n) is 10.4. The predicted molar refractivity (Wildman–Crippen MR) is 76.2 cm³/mol. The number of hydrogen-bond acceptors (Lipinski definition) is 3. The van der Waals surface area contributed by atoms with E-state index >= 15 is 0 Å². The highest BCUT2D eigenvalue weighted by atomic mass is 32.2. The maximum atomic E-state index is 10.6. The van der Waals surface area contributed by atoms with E-state index in [2.05, 4.69) is 29.8 Å². The largest absolute Gasteiger partial charge is 0.298 e. The van der Waals surface area contributed by atoms with Gasteiger partial charge in [0.25, 0.3) is 0 Å². The summed E-state index contributed by atoms with van der Waals surface area (Å²) in [6.07, 6.45) is 9.42. The molecule has 3 heteroatoms. The van der Waals surface area contributed by atoms with E-state index in [9.17, 15) is 4.79 Å². The van der Waals surface area contributed by atoms with Gasteiger partial charge < -0.3 is 0 Å². The molecule has 0 spiro atoms. The van der Waals surface area contributed by atoms with Gasteiger partial charge in [0.2, 0.25) is 0 Å². The number of unbranched alkanes of at least 4 members (excludes halogenated alkanes) is 1. The van der Waals surface area contributed by atoms with Gasteiger partial charge >= 0.3 is 0 Å². The molecule has 0 aliphatic rings. The van der Waals surface area contributed by atoms with Crippen molar-refractivity contribution in [2.24, 2.45) is 0 Å². The maximum Gasteiger partial charge on any atom is 0.150 e. The second-order valence-electron chi connectivity index (χ2n) is 3.87. The molecule has 0 atom stereocenters. The molecule has 1 aromatic carbocycles. The van der Waals surface area contributed by atoms with Crippen LogP contribution >= 0.6 is 11.9 Å². The molecule has 17 heavy (non-hydrogen) atoms. The van der Waals surface area contributed by atoms with Crippen LogP contribution in [0.2, 0.25) is 0 Å². The van der Waals surface area contributed by atoms with Crippen molar-refractivity contribution in [3.63, 3.8) is 0 Å². The first kappa shape index (κ1) is 14.0. The molecule has 2 nitrogen and oxygen atoms in total. The predicted octanol–water partition coefficient (Wildman–Crippen LogP) is 3.50. The highest BCUT2D eigenvalue weighted by Gasteiger charge is 1.93. The zero-order chi connectivity index (χ0) is 12.5. The summed E-state index contributed by atoms with van der Waals surface area (Å²) in [6.45, 7) is 1.10. The smallest absolute Gasteiger partial charge is 0.150 e. The van der Waals surface area contributed by atoms with Gasteiger partial charge in [0.15, 0.2) is 0 Å². The number of allylic oxidation sites excluding steroid dienone is 1. The molecule has 0 aliphatic carbocycles. The summed E-state index contributed by atoms with van der Waals surface area (Å²) in [5, 5.41) is 0. The fourth-order valence-corrected chi connectivity index (χ4v) is 1.79. The van der Waals surface area contributed by atoms with Gasteiger partial charge in [-0.15, -0.1) is 0 Å². The molecule has 0 aromatic heterocycles. The topological polar surface area (TPSA) is 20.3 Å². The van der Waals surface area contributed by atoms with Crippen molar-refractivity contribution in [2.75, 3.05) is 19.8 Å². The molecule has 0 N–H and O–H groups in total. The highest BCUT2D eigenvalue weighted by molar-refractivity contribution is 7.96. The lowest BCUT2D eigenvalue weighted by Gasteiger charge is -2.10. The second kappa shape index (κ2) is 8.09. The third-order valence-corrected chi connectivity index (χ3v) is 3.32. The minimum atomic E-state index is 0.731. The van der Waals surface area contributed by atoms with Gasteiger partial charge in [-0.25, -0.2) is 0 Å². The Bertz CT molecular complexity index is 376. The molecule has 1 rings (SSSR count). The molecule has 0 saturated carbocycles. The van der Waals surface area contributed by atoms with Crippen molar-refractivity contribution in [1.82, 2.24) is 4.31 Å². The minimum absolute atomic E-state index is 0.731. The van der Waals surface area contributed by atoms with Crippen LogP contribution in [0.1, 0.15) is 28.8 Å². The quantitative estimate of drug-likeness (QED) is 0.419. The Morgan fingerprint density at radius 1 is 1.35 bits per heavy atom. The summed E-state index contributed by atoms with van der Waals surface area (Å²) in [5.74, 6) is 0. The SMILES string of the molecule is CSN(C)CCC/C=C\c1cccc(C=O)c1. The lowest BCUT2D eigenvalue weighted by molar-refractivity contribution is 0.112. The van der Waals surface area contributed by atoms with Gasteiger partial charge in [-0.3, -0.25) is 9.10 Å². The van der Waals surface area contributed by atoms with Crippen molar-refractivity contribution in [3.8, 4) is 0 Å². The number of benzene rings is 1. The van der Waals surface area contributed by atoms with Crippen LogP contribution in [0.4, 0.5) is 0 Å². The van der Waals surface area contributed by atoms with E-state index in [1.807, 2.05) is 24.3 Å². The Labute approximate surface area is 108 Å². The van der Waals surface area contributed by atoms with Gasteiger partial charge in [-0.05, 0) is 37.8 Å². The molecule has 0 unspecified atom stereocenters. The van der Waals surface area contributed by atoms with E-state index in [1.165, 1.54) is 0 Å². The van der Waals surface area contributed by atoms with Crippen LogP contribution in [-0.2, 0) is 0 Å². The zero-order valence-corrected chi connectivity index (χ0v) is 11.2. The Morgan fingerprint density at radius 3 is 2.82 bits per heavy atom. The summed E-state index contributed by atoms with van der Waals surface area (Å²) in [6, 6.07) is 7.64. The molecule has 0 aliphatic heterocycles. The van der Waals surface area contributed by atoms with Gasteiger partial charge in [-0.1, -0.05) is 42.3 Å². The van der Waals surface area contributed by atoms with Gasteiger partial charge in [0, 0.05) is 12.1 Å². The van der Waals surface area contributed by atoms with E-state index in [-0.39, 0.29) is 0 Å². The number of rotatable bonds is 7. The molecule has 1 aromatic rings. The first-order valence-corrected chi connectivity index (χ1v) is 6.91. The minimum Gasteiger partial charge on any atom is -0.298 e. The van der Waals surface area contributed by atoms with Crippen LogP contribution in [0, 0.1) is 0 Å². The van der Waals surface area contributed by atoms with Gasteiger partial charge in [0.05, 0.1) is 0 Å². The lowest BCUT2D eigenvalue weighted by atomic mass is 10.1. The summed E-state index contributed by atoms with van der Waals surface area (Å²) in [5.41, 5.74) is 1.82. The van der Waals surface area contributed by atoms with Crippen LogP contribution in [0.5, 0.6) is 0 Å². The molecule has 0 fully saturated rings. The summed E-state index contributed by atoms with van der Waals surface area (Å²) < 4.78 is 2.22. The number of carbonyl (C=O) groups is 1. The van der Waals surface area contributed by atoms with Crippen LogP contribution in [0.25, 0.3) is 6.08 Å². The van der Waals surface area contributed by atoms with Crippen molar-refractivity contribution >= 4 is 24.3 Å². The van der Waals surface area contributed by atoms with Crippen LogP contribution in [-0.4, -0.2) is 30.4 Å². The number of hydrogen-bond donors (Lipinski definition) is 0. The summed E-state index contributed by atoms with van der Waals surface area (Å²) >= 11 is 1.75. The molecule has 0 saturated heterocycles. The number of aldehydes is 1. The summed E-state index contributed by atoms with van der Waals surface area (Å²) in [4.78, 5) is 10.6. The molecular weight excluding hydrogens is 230 g/mol. The molecule has 92 valence electrons. The molecule has 0 radical (unpaired) electrons. The monoisotopic (exact) mass is 249 g/mol. The second-order valence-corrected chi connectivity index (χ2v) is 4.86. The maximum absolute atomic E-state index is 10.6. The molecular formula is C14H19NOS. The first-order chi connectivity index (χ1) is 8.26. The standard InChI is InChI=1S/C14H19NOS/c1-15(17-2)10-5-3-4-7-13-8-6-9-14(11-13)12-16/h4,6-9,11-12H,3,5,10H2,1-2H3/b7-4-. The number of nitrogens with zero attached hydrogens (tertiary/aromatic N) is 1. The van der Waals surface area contributed by atoms with E-state index in [0.29, 0.717) is 0 Å². The Kier molecular flexibility index (Phi) is 6.67. The third kappa shape index (κ3) is 5.71. The van der Waals surface area contributed by atoms with Crippen LogP contribution in [0.15, 0.2) is 30.3 Å². The van der Waals surface area contributed by atoms with Crippen molar-refractivity contribution in [3.05, 3.63) is 41.5 Å². The van der Waals surface area contributed by atoms with Gasteiger partial charge in [0.1, 0.15) is 6.29 Å². The van der Waals surface area contributed by atoms with E-state index < -0.39 is 0 Å².